The van der Waals surface area contributed by atoms with Crippen LogP contribution in [0.25, 0.3) is 0 Å². The van der Waals surface area contributed by atoms with Crippen LogP contribution in [0.15, 0.2) is 0 Å². The largest absolute Gasteiger partial charge is 0.491 e. The van der Waals surface area contributed by atoms with Crippen LogP contribution < -0.4 is 0 Å². The van der Waals surface area contributed by atoms with Gasteiger partial charge in [0, 0.05) is 13.1 Å². The third-order valence-electron chi connectivity index (χ3n) is 6.04. The zero-order valence-electron chi connectivity index (χ0n) is 22.6. The molecule has 2 atom stereocenters. The minimum atomic E-state index is -3.82. The number of aliphatic hydroxyl groups is 2. The minimum absolute atomic E-state index is 0.129. The van der Waals surface area contributed by atoms with Crippen molar-refractivity contribution in [1.82, 2.24) is 5.06 Å². The summed E-state index contributed by atoms with van der Waals surface area (Å²) in [6, 6.07) is 0. The standard InChI is InChI=1S/C26H56NO6P/c1-4-7-9-10-11-12-13-14-15-17-24-31-34(30,33-27(20-22-28)21-23-29)32-25-26(18-6-3)19-16-8-5-2/h26,28-29H,4-25H2,1-3H3. The quantitative estimate of drug-likeness (QED) is 0.0684. The van der Waals surface area contributed by atoms with Gasteiger partial charge < -0.3 is 10.2 Å². The first-order valence-corrected chi connectivity index (χ1v) is 15.6. The second-order valence-corrected chi connectivity index (χ2v) is 10.9. The number of phosphoric acid groups is 1. The van der Waals surface area contributed by atoms with Crippen molar-refractivity contribution >= 4 is 7.82 Å². The Kier molecular flexibility index (Phi) is 24.7. The summed E-state index contributed by atoms with van der Waals surface area (Å²) >= 11 is 0. The van der Waals surface area contributed by atoms with E-state index < -0.39 is 7.82 Å². The number of hydrogen-bond acceptors (Lipinski definition) is 7. The molecule has 0 rings (SSSR count). The van der Waals surface area contributed by atoms with Crippen molar-refractivity contribution < 1.29 is 28.5 Å². The Morgan fingerprint density at radius 1 is 0.676 bits per heavy atom. The highest BCUT2D eigenvalue weighted by Gasteiger charge is 2.31. The summed E-state index contributed by atoms with van der Waals surface area (Å²) in [4.78, 5) is 0. The van der Waals surface area contributed by atoms with Gasteiger partial charge in [-0.2, -0.15) is 9.69 Å². The highest BCUT2D eigenvalue weighted by molar-refractivity contribution is 7.48. The third-order valence-corrected chi connectivity index (χ3v) is 7.44. The number of rotatable bonds is 27. The molecule has 0 bridgehead atoms. The Hall–Kier alpha value is -0.0100. The van der Waals surface area contributed by atoms with Crippen molar-refractivity contribution in [2.24, 2.45) is 5.92 Å². The molecule has 0 saturated heterocycles. The number of unbranched alkanes of at least 4 members (excludes halogenated alkanes) is 11. The fraction of sp³-hybridized carbons (Fsp3) is 1.00. The molecule has 0 heterocycles. The molecule has 0 aromatic rings. The molecule has 0 aromatic heterocycles. The molecule has 2 unspecified atom stereocenters. The number of aliphatic hydroxyl groups excluding tert-OH is 2. The van der Waals surface area contributed by atoms with Gasteiger partial charge in [0.1, 0.15) is 0 Å². The maximum absolute atomic E-state index is 13.4. The number of hydrogen-bond donors (Lipinski definition) is 2. The lowest BCUT2D eigenvalue weighted by molar-refractivity contribution is -0.106. The number of phosphoric ester groups is 1. The summed E-state index contributed by atoms with van der Waals surface area (Å²) < 4.78 is 30.5. The molecule has 0 aromatic carbocycles. The number of nitrogens with zero attached hydrogens (tertiary/aromatic N) is 1. The van der Waals surface area contributed by atoms with E-state index in [0.29, 0.717) is 19.1 Å². The van der Waals surface area contributed by atoms with Gasteiger partial charge in [0.25, 0.3) is 0 Å². The van der Waals surface area contributed by atoms with Gasteiger partial charge in [-0.05, 0) is 25.2 Å². The first kappa shape index (κ1) is 34.0. The van der Waals surface area contributed by atoms with E-state index in [0.717, 1.165) is 44.9 Å². The zero-order valence-corrected chi connectivity index (χ0v) is 23.4. The summed E-state index contributed by atoms with van der Waals surface area (Å²) in [6.45, 7) is 7.13. The van der Waals surface area contributed by atoms with Crippen molar-refractivity contribution in [3.05, 3.63) is 0 Å². The van der Waals surface area contributed by atoms with Crippen LogP contribution in [-0.4, -0.2) is 54.8 Å². The lowest BCUT2D eigenvalue weighted by Crippen LogP contribution is -2.30. The topological polar surface area (TPSA) is 88.5 Å². The van der Waals surface area contributed by atoms with E-state index in [1.165, 1.54) is 62.9 Å². The maximum Gasteiger partial charge on any atom is 0.491 e. The predicted molar refractivity (Wildman–Crippen MR) is 141 cm³/mol. The molecular weight excluding hydrogens is 453 g/mol. The van der Waals surface area contributed by atoms with Gasteiger partial charge >= 0.3 is 7.82 Å². The van der Waals surface area contributed by atoms with Gasteiger partial charge in [0.15, 0.2) is 0 Å². The smallest absolute Gasteiger partial charge is 0.395 e. The van der Waals surface area contributed by atoms with Crippen molar-refractivity contribution in [3.8, 4) is 0 Å². The van der Waals surface area contributed by atoms with E-state index in [2.05, 4.69) is 20.8 Å². The first-order valence-electron chi connectivity index (χ1n) is 14.1. The Morgan fingerprint density at radius 3 is 1.74 bits per heavy atom. The van der Waals surface area contributed by atoms with Gasteiger partial charge in [0.2, 0.25) is 0 Å². The molecule has 7 nitrogen and oxygen atoms in total. The van der Waals surface area contributed by atoms with Gasteiger partial charge in [-0.1, -0.05) is 104 Å². The summed E-state index contributed by atoms with van der Waals surface area (Å²) in [5.74, 6) is 0.318. The summed E-state index contributed by atoms with van der Waals surface area (Å²) in [7, 11) is -3.82. The van der Waals surface area contributed by atoms with Crippen molar-refractivity contribution in [2.75, 3.05) is 39.5 Å². The van der Waals surface area contributed by atoms with Crippen molar-refractivity contribution in [1.29, 1.82) is 0 Å². The normalized spacial score (nSPS) is 14.5. The van der Waals surface area contributed by atoms with Crippen LogP contribution in [0.1, 0.15) is 124 Å². The summed E-state index contributed by atoms with van der Waals surface area (Å²) in [5.41, 5.74) is 0. The highest BCUT2D eigenvalue weighted by Crippen LogP contribution is 2.51. The third kappa shape index (κ3) is 20.2. The average molecular weight is 510 g/mol. The SMILES string of the molecule is CCCCCCCCCCCCOP(=O)(OCC(CCC)CCCCC)ON(CCO)CCO. The van der Waals surface area contributed by atoms with E-state index in [4.69, 9.17) is 13.7 Å². The van der Waals surface area contributed by atoms with Gasteiger partial charge in [0.05, 0.1) is 26.4 Å². The molecule has 0 aliphatic heterocycles. The molecule has 0 spiro atoms. The van der Waals surface area contributed by atoms with Gasteiger partial charge in [-0.3, -0.25) is 9.05 Å². The van der Waals surface area contributed by atoms with Crippen molar-refractivity contribution in [2.45, 2.75) is 124 Å². The minimum Gasteiger partial charge on any atom is -0.395 e. The van der Waals surface area contributed by atoms with Crippen LogP contribution >= 0.6 is 7.82 Å². The Balaban J connectivity index is 4.57. The van der Waals surface area contributed by atoms with Crippen LogP contribution in [-0.2, 0) is 18.2 Å². The molecular formula is C26H56NO6P. The molecule has 0 aliphatic carbocycles. The van der Waals surface area contributed by atoms with E-state index in [9.17, 15) is 14.8 Å². The molecule has 0 saturated carbocycles. The molecule has 0 amide bonds. The molecule has 2 N–H and O–H groups in total. The zero-order chi connectivity index (χ0) is 25.3. The Bertz CT molecular complexity index is 463. The monoisotopic (exact) mass is 509 g/mol. The second-order valence-electron chi connectivity index (χ2n) is 9.37. The van der Waals surface area contributed by atoms with Crippen LogP contribution in [0.5, 0.6) is 0 Å². The lowest BCUT2D eigenvalue weighted by atomic mass is 9.98. The predicted octanol–water partition coefficient (Wildman–Crippen LogP) is 7.26. The molecule has 206 valence electrons. The Morgan fingerprint density at radius 2 is 1.21 bits per heavy atom. The molecule has 0 radical (unpaired) electrons. The van der Waals surface area contributed by atoms with E-state index in [1.807, 2.05) is 0 Å². The molecule has 0 aliphatic rings. The fourth-order valence-electron chi connectivity index (χ4n) is 4.01. The summed E-state index contributed by atoms with van der Waals surface area (Å²) in [5, 5.41) is 19.8. The lowest BCUT2D eigenvalue weighted by Gasteiger charge is -2.26. The fourth-order valence-corrected chi connectivity index (χ4v) is 5.37. The van der Waals surface area contributed by atoms with E-state index >= 15 is 0 Å². The van der Waals surface area contributed by atoms with Gasteiger partial charge in [-0.25, -0.2) is 4.57 Å². The van der Waals surface area contributed by atoms with Crippen molar-refractivity contribution in [3.63, 3.8) is 0 Å². The molecule has 0 fully saturated rings. The van der Waals surface area contributed by atoms with E-state index in [1.54, 1.807) is 0 Å². The molecule has 34 heavy (non-hydrogen) atoms. The maximum atomic E-state index is 13.4. The van der Waals surface area contributed by atoms with Crippen LogP contribution in [0.4, 0.5) is 0 Å². The number of hydroxylamine groups is 2. The molecule has 8 heteroatoms. The van der Waals surface area contributed by atoms with Crippen LogP contribution in [0.2, 0.25) is 0 Å². The first-order chi connectivity index (χ1) is 16.5. The van der Waals surface area contributed by atoms with Crippen LogP contribution in [0.3, 0.4) is 0 Å². The Labute approximate surface area is 210 Å². The average Bonchev–Trinajstić information content (AvgIpc) is 2.81. The highest BCUT2D eigenvalue weighted by atomic mass is 31.2. The van der Waals surface area contributed by atoms with E-state index in [-0.39, 0.29) is 26.3 Å². The second kappa shape index (κ2) is 24.7. The van der Waals surface area contributed by atoms with Crippen LogP contribution in [0, 0.1) is 5.92 Å². The van der Waals surface area contributed by atoms with Gasteiger partial charge in [-0.15, -0.1) is 0 Å². The summed E-state index contributed by atoms with van der Waals surface area (Å²) in [6.07, 6.45) is 18.7.